The largest absolute Gasteiger partial charge is 0.481 e. The summed E-state index contributed by atoms with van der Waals surface area (Å²) in [6, 6.07) is -0.778. The van der Waals surface area contributed by atoms with Gasteiger partial charge in [-0.3, -0.25) is 4.79 Å². The number of carbonyl (C=O) groups is 2. The van der Waals surface area contributed by atoms with Crippen LogP contribution < -0.4 is 10.6 Å². The topological polar surface area (TPSA) is 78.4 Å². The van der Waals surface area contributed by atoms with E-state index in [0.717, 1.165) is 0 Å². The van der Waals surface area contributed by atoms with Gasteiger partial charge in [-0.15, -0.1) is 0 Å². The van der Waals surface area contributed by atoms with E-state index in [2.05, 4.69) is 10.6 Å². The standard InChI is InChI=1S/C10H17F3N2O3S/c1-7(3-2-4-8(16)17)15-9(18)14-5-6-19-10(11,12)13/h7H,2-6H2,1H3,(H,16,17)(H2,14,15,18). The van der Waals surface area contributed by atoms with Crippen LogP contribution in [0.4, 0.5) is 18.0 Å². The predicted octanol–water partition coefficient (Wildman–Crippen LogP) is 2.18. The first-order valence-corrected chi connectivity index (χ1v) is 6.66. The first-order chi connectivity index (χ1) is 8.70. The molecule has 1 unspecified atom stereocenters. The van der Waals surface area contributed by atoms with E-state index in [1.165, 1.54) is 0 Å². The van der Waals surface area contributed by atoms with Crippen LogP contribution in [0.3, 0.4) is 0 Å². The molecule has 0 saturated heterocycles. The molecule has 0 aliphatic heterocycles. The second-order valence-corrected chi connectivity index (χ2v) is 5.04. The maximum Gasteiger partial charge on any atom is 0.441 e. The Morgan fingerprint density at radius 2 is 2.00 bits per heavy atom. The Kier molecular flexibility index (Phi) is 8.37. The van der Waals surface area contributed by atoms with Crippen LogP contribution in [0.5, 0.6) is 0 Å². The Balaban J connectivity index is 3.59. The van der Waals surface area contributed by atoms with Gasteiger partial charge in [0, 0.05) is 24.8 Å². The number of carbonyl (C=O) groups excluding carboxylic acids is 1. The Bertz CT molecular complexity index is 300. The molecular weight excluding hydrogens is 285 g/mol. The SMILES string of the molecule is CC(CCCC(=O)O)NC(=O)NCCSC(F)(F)F. The molecule has 0 aliphatic rings. The number of carboxylic acid groups (broad SMARTS) is 1. The monoisotopic (exact) mass is 302 g/mol. The number of alkyl halides is 3. The second kappa shape index (κ2) is 8.89. The minimum absolute atomic E-state index is 0.0237. The summed E-state index contributed by atoms with van der Waals surface area (Å²) in [4.78, 5) is 21.5. The fraction of sp³-hybridized carbons (Fsp3) is 0.800. The van der Waals surface area contributed by atoms with Gasteiger partial charge in [-0.1, -0.05) is 0 Å². The van der Waals surface area contributed by atoms with Gasteiger partial charge < -0.3 is 15.7 Å². The molecule has 0 aromatic heterocycles. The normalized spacial score (nSPS) is 12.8. The molecule has 0 aromatic rings. The van der Waals surface area contributed by atoms with Gasteiger partial charge >= 0.3 is 17.5 Å². The average molecular weight is 302 g/mol. The zero-order chi connectivity index (χ0) is 14.9. The van der Waals surface area contributed by atoms with Crippen molar-refractivity contribution >= 4 is 23.8 Å². The predicted molar refractivity (Wildman–Crippen MR) is 66.0 cm³/mol. The molecule has 0 radical (unpaired) electrons. The van der Waals surface area contributed by atoms with E-state index in [1.54, 1.807) is 6.92 Å². The van der Waals surface area contributed by atoms with E-state index in [-0.39, 0.29) is 36.5 Å². The Morgan fingerprint density at radius 3 is 2.53 bits per heavy atom. The maximum absolute atomic E-state index is 11.8. The number of hydrogen-bond donors (Lipinski definition) is 3. The zero-order valence-corrected chi connectivity index (χ0v) is 11.2. The minimum atomic E-state index is -4.29. The molecule has 1 atom stereocenters. The van der Waals surface area contributed by atoms with Crippen LogP contribution in [-0.4, -0.2) is 41.0 Å². The van der Waals surface area contributed by atoms with Gasteiger partial charge in [0.25, 0.3) is 0 Å². The zero-order valence-electron chi connectivity index (χ0n) is 10.4. The number of urea groups is 1. The molecule has 5 nitrogen and oxygen atoms in total. The number of rotatable bonds is 8. The van der Waals surface area contributed by atoms with Crippen molar-refractivity contribution < 1.29 is 27.9 Å². The van der Waals surface area contributed by atoms with Crippen molar-refractivity contribution in [1.29, 1.82) is 0 Å². The number of halogens is 3. The van der Waals surface area contributed by atoms with Gasteiger partial charge in [0.05, 0.1) is 0 Å². The van der Waals surface area contributed by atoms with Crippen molar-refractivity contribution in [3.63, 3.8) is 0 Å². The van der Waals surface area contributed by atoms with Crippen LogP contribution in [0.2, 0.25) is 0 Å². The van der Waals surface area contributed by atoms with Crippen LogP contribution >= 0.6 is 11.8 Å². The van der Waals surface area contributed by atoms with Crippen molar-refractivity contribution in [2.45, 2.75) is 37.7 Å². The highest BCUT2D eigenvalue weighted by molar-refractivity contribution is 8.00. The first-order valence-electron chi connectivity index (χ1n) is 5.67. The summed E-state index contributed by atoms with van der Waals surface area (Å²) in [6.45, 7) is 1.61. The van der Waals surface area contributed by atoms with E-state index in [1.807, 2.05) is 0 Å². The number of thioether (sulfide) groups is 1. The van der Waals surface area contributed by atoms with Crippen molar-refractivity contribution in [3.8, 4) is 0 Å². The van der Waals surface area contributed by atoms with Crippen LogP contribution in [0, 0.1) is 0 Å². The van der Waals surface area contributed by atoms with Gasteiger partial charge in [-0.25, -0.2) is 4.79 Å². The number of hydrogen-bond acceptors (Lipinski definition) is 3. The number of aliphatic carboxylic acids is 1. The van der Waals surface area contributed by atoms with Gasteiger partial charge in [0.2, 0.25) is 0 Å². The van der Waals surface area contributed by atoms with Gasteiger partial charge in [0.15, 0.2) is 0 Å². The third-order valence-corrected chi connectivity index (χ3v) is 2.79. The van der Waals surface area contributed by atoms with E-state index in [0.29, 0.717) is 12.8 Å². The van der Waals surface area contributed by atoms with E-state index in [9.17, 15) is 22.8 Å². The van der Waals surface area contributed by atoms with Crippen LogP contribution in [-0.2, 0) is 4.79 Å². The molecule has 19 heavy (non-hydrogen) atoms. The highest BCUT2D eigenvalue weighted by atomic mass is 32.2. The molecule has 9 heteroatoms. The van der Waals surface area contributed by atoms with Crippen LogP contribution in [0.15, 0.2) is 0 Å². The number of nitrogens with one attached hydrogen (secondary N) is 2. The molecule has 0 heterocycles. The summed E-state index contributed by atoms with van der Waals surface area (Å²) < 4.78 is 35.3. The molecule has 3 N–H and O–H groups in total. The summed E-state index contributed by atoms with van der Waals surface area (Å²) in [5.41, 5.74) is -4.29. The molecule has 2 amide bonds. The van der Waals surface area contributed by atoms with Crippen LogP contribution in [0.1, 0.15) is 26.2 Å². The Labute approximate surface area is 113 Å². The molecule has 0 bridgehead atoms. The lowest BCUT2D eigenvalue weighted by Gasteiger charge is -2.14. The first kappa shape index (κ1) is 17.9. The quantitative estimate of drug-likeness (QED) is 0.601. The minimum Gasteiger partial charge on any atom is -0.481 e. The third-order valence-electron chi connectivity index (χ3n) is 2.06. The fourth-order valence-corrected chi connectivity index (χ4v) is 1.67. The molecule has 0 saturated carbocycles. The molecule has 0 rings (SSSR count). The van der Waals surface area contributed by atoms with Crippen LogP contribution in [0.25, 0.3) is 0 Å². The van der Waals surface area contributed by atoms with Gasteiger partial charge in [-0.05, 0) is 31.5 Å². The lowest BCUT2D eigenvalue weighted by molar-refractivity contribution is -0.137. The summed E-state index contributed by atoms with van der Waals surface area (Å²) in [5, 5.41) is 13.2. The van der Waals surface area contributed by atoms with Gasteiger partial charge in [-0.2, -0.15) is 13.2 Å². The summed E-state index contributed by atoms with van der Waals surface area (Å²) >= 11 is -0.196. The molecule has 0 fully saturated rings. The number of amides is 2. The maximum atomic E-state index is 11.8. The molecule has 112 valence electrons. The lowest BCUT2D eigenvalue weighted by Crippen LogP contribution is -2.41. The van der Waals surface area contributed by atoms with E-state index in [4.69, 9.17) is 5.11 Å². The lowest BCUT2D eigenvalue weighted by atomic mass is 10.1. The fourth-order valence-electron chi connectivity index (χ4n) is 1.24. The molecule has 0 aromatic carbocycles. The highest BCUT2D eigenvalue weighted by Gasteiger charge is 2.27. The second-order valence-electron chi connectivity index (χ2n) is 3.88. The number of carboxylic acids is 1. The van der Waals surface area contributed by atoms with Crippen molar-refractivity contribution in [3.05, 3.63) is 0 Å². The summed E-state index contributed by atoms with van der Waals surface area (Å²) in [7, 11) is 0. The summed E-state index contributed by atoms with van der Waals surface area (Å²) in [6.07, 6.45) is 0.952. The molecule has 0 aliphatic carbocycles. The van der Waals surface area contributed by atoms with Gasteiger partial charge in [0.1, 0.15) is 0 Å². The van der Waals surface area contributed by atoms with E-state index >= 15 is 0 Å². The highest BCUT2D eigenvalue weighted by Crippen LogP contribution is 2.29. The molecule has 0 spiro atoms. The summed E-state index contributed by atoms with van der Waals surface area (Å²) in [5.74, 6) is -1.15. The van der Waals surface area contributed by atoms with Crippen molar-refractivity contribution in [2.75, 3.05) is 12.3 Å². The Hall–Kier alpha value is -1.12. The van der Waals surface area contributed by atoms with Crippen molar-refractivity contribution in [2.24, 2.45) is 0 Å². The molecular formula is C10H17F3N2O3S. The average Bonchev–Trinajstić information content (AvgIpc) is 2.22. The third kappa shape index (κ3) is 13.1. The van der Waals surface area contributed by atoms with E-state index < -0.39 is 17.5 Å². The van der Waals surface area contributed by atoms with Crippen molar-refractivity contribution in [1.82, 2.24) is 10.6 Å². The Morgan fingerprint density at radius 1 is 1.37 bits per heavy atom. The smallest absolute Gasteiger partial charge is 0.441 e.